The first-order valence-corrected chi connectivity index (χ1v) is 6.48. The van der Waals surface area contributed by atoms with Crippen LogP contribution in [0.15, 0.2) is 60.7 Å². The number of rotatable bonds is 7. The average molecular weight is 257 g/mol. The fraction of sp³-hybridized carbons (Fsp3) is 0.250. The van der Waals surface area contributed by atoms with E-state index in [0.717, 1.165) is 11.3 Å². The molecule has 0 heterocycles. The third-order valence-electron chi connectivity index (χ3n) is 2.81. The van der Waals surface area contributed by atoms with Crippen LogP contribution < -0.4 is 10.1 Å². The second kappa shape index (κ2) is 7.56. The second-order valence-corrected chi connectivity index (χ2v) is 4.29. The molecule has 0 aromatic heterocycles. The highest BCUT2D eigenvalue weighted by molar-refractivity contribution is 5.20. The van der Waals surface area contributed by atoms with Crippen molar-refractivity contribution in [1.29, 1.82) is 0 Å². The van der Waals surface area contributed by atoms with Gasteiger partial charge in [0.1, 0.15) is 12.4 Å². The molecule has 2 aromatic carbocycles. The lowest BCUT2D eigenvalue weighted by Gasteiger charge is -2.12. The van der Waals surface area contributed by atoms with Crippen LogP contribution in [0, 0.1) is 0 Å². The summed E-state index contributed by atoms with van der Waals surface area (Å²) in [5, 5.41) is 13.1. The van der Waals surface area contributed by atoms with Crippen molar-refractivity contribution >= 4 is 0 Å². The zero-order valence-electron chi connectivity index (χ0n) is 10.8. The van der Waals surface area contributed by atoms with Gasteiger partial charge in [0.15, 0.2) is 0 Å². The second-order valence-electron chi connectivity index (χ2n) is 4.29. The Labute approximate surface area is 113 Å². The Morgan fingerprint density at radius 2 is 1.58 bits per heavy atom. The molecular formula is C16H19NO2. The van der Waals surface area contributed by atoms with Crippen molar-refractivity contribution in [2.45, 2.75) is 6.10 Å². The number of hydrogen-bond donors (Lipinski definition) is 2. The Bertz CT molecular complexity index is 459. The van der Waals surface area contributed by atoms with Gasteiger partial charge in [-0.3, -0.25) is 0 Å². The molecule has 2 aromatic rings. The zero-order valence-corrected chi connectivity index (χ0v) is 10.8. The van der Waals surface area contributed by atoms with E-state index in [1.165, 1.54) is 0 Å². The molecule has 2 N–H and O–H groups in total. The summed E-state index contributed by atoms with van der Waals surface area (Å²) in [7, 11) is 0. The molecule has 0 saturated heterocycles. The Morgan fingerprint density at radius 1 is 0.947 bits per heavy atom. The van der Waals surface area contributed by atoms with Crippen molar-refractivity contribution < 1.29 is 9.84 Å². The third kappa shape index (κ3) is 4.73. The van der Waals surface area contributed by atoms with Crippen molar-refractivity contribution in [2.24, 2.45) is 0 Å². The smallest absolute Gasteiger partial charge is 0.119 e. The van der Waals surface area contributed by atoms with Crippen LogP contribution in [0.25, 0.3) is 0 Å². The van der Waals surface area contributed by atoms with Gasteiger partial charge in [0.2, 0.25) is 0 Å². The van der Waals surface area contributed by atoms with E-state index in [9.17, 15) is 5.11 Å². The maximum Gasteiger partial charge on any atom is 0.119 e. The fourth-order valence-corrected chi connectivity index (χ4v) is 1.79. The molecule has 0 aliphatic heterocycles. The molecule has 0 aliphatic carbocycles. The van der Waals surface area contributed by atoms with Crippen molar-refractivity contribution in [3.8, 4) is 5.75 Å². The van der Waals surface area contributed by atoms with Gasteiger partial charge < -0.3 is 15.2 Å². The molecule has 0 spiro atoms. The van der Waals surface area contributed by atoms with Crippen molar-refractivity contribution in [3.05, 3.63) is 66.2 Å². The zero-order chi connectivity index (χ0) is 13.3. The van der Waals surface area contributed by atoms with Gasteiger partial charge >= 0.3 is 0 Å². The molecule has 3 heteroatoms. The van der Waals surface area contributed by atoms with Gasteiger partial charge in [-0.2, -0.15) is 0 Å². The Kier molecular flexibility index (Phi) is 5.41. The van der Waals surface area contributed by atoms with Gasteiger partial charge in [-0.15, -0.1) is 0 Å². The first-order chi connectivity index (χ1) is 9.36. The van der Waals surface area contributed by atoms with Gasteiger partial charge in [0, 0.05) is 13.1 Å². The molecular weight excluding hydrogens is 238 g/mol. The standard InChI is InChI=1S/C16H19NO2/c18-16(14-7-3-1-4-8-14)13-17-11-12-19-15-9-5-2-6-10-15/h1-10,16-18H,11-13H2. The van der Waals surface area contributed by atoms with E-state index in [2.05, 4.69) is 5.32 Å². The first-order valence-electron chi connectivity index (χ1n) is 6.48. The predicted molar refractivity (Wildman–Crippen MR) is 76.2 cm³/mol. The minimum Gasteiger partial charge on any atom is -0.492 e. The molecule has 0 saturated carbocycles. The number of hydrogen-bond acceptors (Lipinski definition) is 3. The summed E-state index contributed by atoms with van der Waals surface area (Å²) < 4.78 is 5.55. The Balaban J connectivity index is 1.62. The molecule has 100 valence electrons. The van der Waals surface area contributed by atoms with Crippen molar-refractivity contribution in [3.63, 3.8) is 0 Å². The van der Waals surface area contributed by atoms with E-state index >= 15 is 0 Å². The summed E-state index contributed by atoms with van der Waals surface area (Å²) in [5.41, 5.74) is 0.930. The summed E-state index contributed by atoms with van der Waals surface area (Å²) in [6, 6.07) is 19.4. The predicted octanol–water partition coefficient (Wildman–Crippen LogP) is 2.39. The highest BCUT2D eigenvalue weighted by Gasteiger charge is 2.05. The normalized spacial score (nSPS) is 12.1. The van der Waals surface area contributed by atoms with Gasteiger partial charge in [0.05, 0.1) is 6.10 Å². The van der Waals surface area contributed by atoms with E-state index in [1.54, 1.807) is 0 Å². The number of para-hydroxylation sites is 1. The maximum atomic E-state index is 9.93. The number of aliphatic hydroxyl groups excluding tert-OH is 1. The highest BCUT2D eigenvalue weighted by atomic mass is 16.5. The topological polar surface area (TPSA) is 41.5 Å². The maximum absolute atomic E-state index is 9.93. The number of aliphatic hydroxyl groups is 1. The van der Waals surface area contributed by atoms with Crippen LogP contribution in [-0.2, 0) is 0 Å². The van der Waals surface area contributed by atoms with E-state index in [1.807, 2.05) is 60.7 Å². The molecule has 3 nitrogen and oxygen atoms in total. The van der Waals surface area contributed by atoms with Crippen LogP contribution in [-0.4, -0.2) is 24.8 Å². The quantitative estimate of drug-likeness (QED) is 0.748. The monoisotopic (exact) mass is 257 g/mol. The van der Waals surface area contributed by atoms with E-state index in [-0.39, 0.29) is 0 Å². The lowest BCUT2D eigenvalue weighted by Crippen LogP contribution is -2.26. The summed E-state index contributed by atoms with van der Waals surface area (Å²) in [6.45, 7) is 1.83. The average Bonchev–Trinajstić information content (AvgIpc) is 2.49. The van der Waals surface area contributed by atoms with Crippen LogP contribution in [0.5, 0.6) is 5.75 Å². The molecule has 0 fully saturated rings. The van der Waals surface area contributed by atoms with Crippen molar-refractivity contribution in [1.82, 2.24) is 5.32 Å². The van der Waals surface area contributed by atoms with Crippen LogP contribution in [0.2, 0.25) is 0 Å². The van der Waals surface area contributed by atoms with Crippen molar-refractivity contribution in [2.75, 3.05) is 19.7 Å². The minimum absolute atomic E-state index is 0.474. The van der Waals surface area contributed by atoms with Crippen LogP contribution in [0.1, 0.15) is 11.7 Å². The summed E-state index contributed by atoms with van der Waals surface area (Å²) in [6.07, 6.45) is -0.474. The first kappa shape index (κ1) is 13.6. The Hall–Kier alpha value is -1.84. The molecule has 0 bridgehead atoms. The minimum atomic E-state index is -0.474. The molecule has 2 rings (SSSR count). The molecule has 1 atom stereocenters. The van der Waals surface area contributed by atoms with Gasteiger partial charge in [-0.05, 0) is 17.7 Å². The molecule has 19 heavy (non-hydrogen) atoms. The van der Waals surface area contributed by atoms with E-state index in [4.69, 9.17) is 4.74 Å². The number of nitrogens with one attached hydrogen (secondary N) is 1. The van der Waals surface area contributed by atoms with Gasteiger partial charge in [-0.1, -0.05) is 48.5 Å². The highest BCUT2D eigenvalue weighted by Crippen LogP contribution is 2.10. The lowest BCUT2D eigenvalue weighted by molar-refractivity contribution is 0.172. The van der Waals surface area contributed by atoms with Crippen LogP contribution in [0.4, 0.5) is 0 Å². The molecule has 0 amide bonds. The largest absolute Gasteiger partial charge is 0.492 e. The summed E-state index contributed by atoms with van der Waals surface area (Å²) >= 11 is 0. The summed E-state index contributed by atoms with van der Waals surface area (Å²) in [5.74, 6) is 0.868. The summed E-state index contributed by atoms with van der Waals surface area (Å²) in [4.78, 5) is 0. The van der Waals surface area contributed by atoms with Crippen LogP contribution >= 0.6 is 0 Å². The SMILES string of the molecule is OC(CNCCOc1ccccc1)c1ccccc1. The van der Waals surface area contributed by atoms with Gasteiger partial charge in [-0.25, -0.2) is 0 Å². The van der Waals surface area contributed by atoms with E-state index < -0.39 is 6.10 Å². The number of ether oxygens (including phenoxy) is 1. The number of benzene rings is 2. The van der Waals surface area contributed by atoms with Crippen LogP contribution in [0.3, 0.4) is 0 Å². The van der Waals surface area contributed by atoms with Gasteiger partial charge in [0.25, 0.3) is 0 Å². The fourth-order valence-electron chi connectivity index (χ4n) is 1.79. The Morgan fingerprint density at radius 3 is 2.26 bits per heavy atom. The third-order valence-corrected chi connectivity index (χ3v) is 2.81. The molecule has 1 unspecified atom stereocenters. The molecule has 0 aliphatic rings. The lowest BCUT2D eigenvalue weighted by atomic mass is 10.1. The van der Waals surface area contributed by atoms with E-state index in [0.29, 0.717) is 19.7 Å². The molecule has 0 radical (unpaired) electrons.